The first-order valence-corrected chi connectivity index (χ1v) is 13.4. The number of aromatic amines is 1. The van der Waals surface area contributed by atoms with Crippen molar-refractivity contribution in [2.45, 2.75) is 77.9 Å². The third kappa shape index (κ3) is 7.57. The first-order valence-electron chi connectivity index (χ1n) is 13.4. The number of nitrogens with zero attached hydrogens (tertiary/aromatic N) is 1. The van der Waals surface area contributed by atoms with Gasteiger partial charge in [-0.1, -0.05) is 19.9 Å². The molecule has 1 saturated heterocycles. The molecule has 1 aromatic heterocycles. The number of H-pyrrole nitrogens is 1. The number of nitriles is 1. The van der Waals surface area contributed by atoms with Crippen LogP contribution >= 0.6 is 0 Å². The molecule has 1 unspecified atom stereocenters. The number of rotatable bonds is 12. The number of aromatic nitrogens is 1. The van der Waals surface area contributed by atoms with Crippen LogP contribution in [0.1, 0.15) is 70.8 Å². The third-order valence-electron chi connectivity index (χ3n) is 6.86. The SMILES string of the molecule is COc1cccc2[nH]c(C(=O)C[C@@H](CC(C)C)C(=O)N[C@@H](C[C@@H]3CCNC3=O)C(C#N)NC(C)(C)C)cc12. The summed E-state index contributed by atoms with van der Waals surface area (Å²) in [4.78, 5) is 42.4. The van der Waals surface area contributed by atoms with Crippen LogP contribution in [0.15, 0.2) is 24.3 Å². The minimum atomic E-state index is -0.691. The van der Waals surface area contributed by atoms with Gasteiger partial charge in [0.25, 0.3) is 0 Å². The van der Waals surface area contributed by atoms with Gasteiger partial charge in [-0.2, -0.15) is 5.26 Å². The zero-order chi connectivity index (χ0) is 28.0. The van der Waals surface area contributed by atoms with Gasteiger partial charge < -0.3 is 20.4 Å². The number of nitrogens with one attached hydrogen (secondary N) is 4. The molecular weight excluding hydrogens is 482 g/mol. The average Bonchev–Trinajstić information content (AvgIpc) is 3.46. The highest BCUT2D eigenvalue weighted by Crippen LogP contribution is 2.28. The summed E-state index contributed by atoms with van der Waals surface area (Å²) < 4.78 is 5.41. The fraction of sp³-hybridized carbons (Fsp3) is 0.586. The zero-order valence-electron chi connectivity index (χ0n) is 23.3. The lowest BCUT2D eigenvalue weighted by Crippen LogP contribution is -2.56. The number of ether oxygens (including phenoxy) is 1. The van der Waals surface area contributed by atoms with E-state index in [1.807, 2.05) is 52.8 Å². The Balaban J connectivity index is 1.82. The van der Waals surface area contributed by atoms with E-state index in [1.165, 1.54) is 0 Å². The van der Waals surface area contributed by atoms with E-state index >= 15 is 0 Å². The molecule has 4 N–H and O–H groups in total. The lowest BCUT2D eigenvalue weighted by molar-refractivity contribution is -0.127. The molecule has 9 heteroatoms. The molecule has 0 aliphatic carbocycles. The Morgan fingerprint density at radius 1 is 1.26 bits per heavy atom. The second kappa shape index (κ2) is 12.4. The van der Waals surface area contributed by atoms with Crippen LogP contribution in [0.5, 0.6) is 5.75 Å². The van der Waals surface area contributed by atoms with Crippen LogP contribution < -0.4 is 20.7 Å². The first-order chi connectivity index (χ1) is 17.9. The lowest BCUT2D eigenvalue weighted by Gasteiger charge is -2.32. The Morgan fingerprint density at radius 2 is 2.00 bits per heavy atom. The molecule has 2 amide bonds. The normalized spacial score (nSPS) is 18.1. The van der Waals surface area contributed by atoms with Gasteiger partial charge in [0, 0.05) is 41.2 Å². The minimum absolute atomic E-state index is 0.0275. The van der Waals surface area contributed by atoms with E-state index in [0.717, 1.165) is 10.9 Å². The highest BCUT2D eigenvalue weighted by Gasteiger charge is 2.35. The Hall–Kier alpha value is -3.38. The summed E-state index contributed by atoms with van der Waals surface area (Å²) in [6.45, 7) is 10.5. The molecule has 3 rings (SSSR count). The van der Waals surface area contributed by atoms with Gasteiger partial charge in [-0.05, 0) is 64.2 Å². The van der Waals surface area contributed by atoms with Crippen LogP contribution in [0.25, 0.3) is 10.9 Å². The van der Waals surface area contributed by atoms with Crippen molar-refractivity contribution in [3.63, 3.8) is 0 Å². The maximum absolute atomic E-state index is 13.6. The van der Waals surface area contributed by atoms with Gasteiger partial charge in [0.1, 0.15) is 11.8 Å². The molecule has 1 aromatic carbocycles. The van der Waals surface area contributed by atoms with E-state index in [0.29, 0.717) is 37.3 Å². The molecule has 1 aliphatic heterocycles. The van der Waals surface area contributed by atoms with Crippen molar-refractivity contribution in [3.05, 3.63) is 30.0 Å². The summed E-state index contributed by atoms with van der Waals surface area (Å²) in [5.41, 5.74) is 0.845. The number of carbonyl (C=O) groups is 3. The molecule has 4 atom stereocenters. The summed E-state index contributed by atoms with van der Waals surface area (Å²) in [7, 11) is 1.58. The number of amides is 2. The van der Waals surface area contributed by atoms with Crippen LogP contribution in [0, 0.1) is 29.1 Å². The van der Waals surface area contributed by atoms with Gasteiger partial charge in [0.15, 0.2) is 5.78 Å². The van der Waals surface area contributed by atoms with E-state index in [-0.39, 0.29) is 41.4 Å². The van der Waals surface area contributed by atoms with Gasteiger partial charge in [0.2, 0.25) is 11.8 Å². The fourth-order valence-electron chi connectivity index (χ4n) is 5.09. The van der Waals surface area contributed by atoms with E-state index in [1.54, 1.807) is 13.2 Å². The molecule has 0 radical (unpaired) electrons. The van der Waals surface area contributed by atoms with Crippen LogP contribution in [0.4, 0.5) is 0 Å². The molecule has 1 aliphatic rings. The largest absolute Gasteiger partial charge is 0.496 e. The summed E-state index contributed by atoms with van der Waals surface area (Å²) in [6.07, 6.45) is 1.56. The highest BCUT2D eigenvalue weighted by atomic mass is 16.5. The van der Waals surface area contributed by atoms with E-state index in [2.05, 4.69) is 27.0 Å². The van der Waals surface area contributed by atoms with Crippen molar-refractivity contribution < 1.29 is 19.1 Å². The molecule has 0 bridgehead atoms. The Bertz CT molecular complexity index is 1190. The number of carbonyl (C=O) groups excluding carboxylic acids is 3. The van der Waals surface area contributed by atoms with E-state index in [4.69, 9.17) is 4.74 Å². The van der Waals surface area contributed by atoms with Crippen LogP contribution in [-0.4, -0.2) is 53.9 Å². The van der Waals surface area contributed by atoms with E-state index in [9.17, 15) is 19.6 Å². The first kappa shape index (κ1) is 29.2. The van der Waals surface area contributed by atoms with Crippen molar-refractivity contribution in [2.24, 2.45) is 17.8 Å². The minimum Gasteiger partial charge on any atom is -0.496 e. The predicted molar refractivity (Wildman–Crippen MR) is 147 cm³/mol. The van der Waals surface area contributed by atoms with Crippen LogP contribution in [0.3, 0.4) is 0 Å². The predicted octanol–water partition coefficient (Wildman–Crippen LogP) is 3.70. The van der Waals surface area contributed by atoms with Crippen molar-refractivity contribution in [2.75, 3.05) is 13.7 Å². The molecule has 2 aromatic rings. The smallest absolute Gasteiger partial charge is 0.223 e. The molecule has 2 heterocycles. The Morgan fingerprint density at radius 3 is 2.58 bits per heavy atom. The van der Waals surface area contributed by atoms with Gasteiger partial charge in [-0.15, -0.1) is 0 Å². The maximum Gasteiger partial charge on any atom is 0.223 e. The zero-order valence-corrected chi connectivity index (χ0v) is 23.3. The summed E-state index contributed by atoms with van der Waals surface area (Å²) in [6, 6.07) is 8.34. The Labute approximate surface area is 225 Å². The van der Waals surface area contributed by atoms with Gasteiger partial charge in [-0.3, -0.25) is 19.7 Å². The molecule has 1 fully saturated rings. The summed E-state index contributed by atoms with van der Waals surface area (Å²) >= 11 is 0. The lowest BCUT2D eigenvalue weighted by atomic mass is 9.88. The maximum atomic E-state index is 13.6. The van der Waals surface area contributed by atoms with Crippen molar-refractivity contribution in [1.82, 2.24) is 20.9 Å². The number of ketones is 1. The van der Waals surface area contributed by atoms with Crippen molar-refractivity contribution in [1.29, 1.82) is 5.26 Å². The Kier molecular flexibility index (Phi) is 9.55. The second-order valence-corrected chi connectivity index (χ2v) is 11.7. The van der Waals surface area contributed by atoms with Gasteiger partial charge in [0.05, 0.1) is 24.9 Å². The number of hydrogen-bond donors (Lipinski definition) is 4. The van der Waals surface area contributed by atoms with Crippen molar-refractivity contribution >= 4 is 28.5 Å². The van der Waals surface area contributed by atoms with Crippen molar-refractivity contribution in [3.8, 4) is 11.8 Å². The fourth-order valence-corrected chi connectivity index (χ4v) is 5.09. The number of fused-ring (bicyclic) bond motifs is 1. The molecule has 206 valence electrons. The standard InChI is InChI=1S/C29H41N5O4/c1-17(2)12-19(14-25(35)23-15-20-21(32-23)8-7-9-26(20)38-6)28(37)33-22(13-18-10-11-31-27(18)36)24(16-30)34-29(3,4)5/h7-9,15,17-19,22,24,32,34H,10-14H2,1-6H3,(H,31,36)(H,33,37)/t18-,19+,22-,24?/m0/s1. The average molecular weight is 524 g/mol. The second-order valence-electron chi connectivity index (χ2n) is 11.7. The molecule has 0 spiro atoms. The summed E-state index contributed by atoms with van der Waals surface area (Å²) in [5.74, 6) is -0.503. The molecule has 9 nitrogen and oxygen atoms in total. The van der Waals surface area contributed by atoms with Gasteiger partial charge in [-0.25, -0.2) is 0 Å². The van der Waals surface area contributed by atoms with Crippen LogP contribution in [-0.2, 0) is 9.59 Å². The van der Waals surface area contributed by atoms with E-state index < -0.39 is 18.0 Å². The number of hydrogen-bond acceptors (Lipinski definition) is 6. The monoisotopic (exact) mass is 523 g/mol. The molecular formula is C29H41N5O4. The summed E-state index contributed by atoms with van der Waals surface area (Å²) in [5, 5.41) is 20.0. The number of methoxy groups -OCH3 is 1. The van der Waals surface area contributed by atoms with Crippen LogP contribution in [0.2, 0.25) is 0 Å². The quantitative estimate of drug-likeness (QED) is 0.313. The number of benzene rings is 1. The molecule has 38 heavy (non-hydrogen) atoms. The third-order valence-corrected chi connectivity index (χ3v) is 6.86. The number of Topliss-reactive ketones (excluding diaryl/α,β-unsaturated/α-hetero) is 1. The van der Waals surface area contributed by atoms with Gasteiger partial charge >= 0.3 is 0 Å². The highest BCUT2D eigenvalue weighted by molar-refractivity contribution is 6.02. The molecule has 0 saturated carbocycles. The topological polar surface area (TPSA) is 136 Å².